The summed E-state index contributed by atoms with van der Waals surface area (Å²) in [5, 5.41) is 11.7. The molecule has 1 aliphatic heterocycles. The smallest absolute Gasteiger partial charge is 0.261 e. The van der Waals surface area contributed by atoms with Gasteiger partial charge in [-0.25, -0.2) is 0 Å². The van der Waals surface area contributed by atoms with Gasteiger partial charge >= 0.3 is 0 Å². The lowest BCUT2D eigenvalue weighted by Gasteiger charge is -2.17. The fourth-order valence-electron chi connectivity index (χ4n) is 4.04. The fraction of sp³-hybridized carbons (Fsp3) is 0.115. The van der Waals surface area contributed by atoms with E-state index in [0.717, 1.165) is 27.4 Å². The van der Waals surface area contributed by atoms with Crippen LogP contribution < -0.4 is 5.32 Å². The molecule has 0 aliphatic carbocycles. The van der Waals surface area contributed by atoms with Gasteiger partial charge in [-0.2, -0.15) is 0 Å². The zero-order valence-electron chi connectivity index (χ0n) is 18.0. The first-order chi connectivity index (χ1) is 16.6. The number of fused-ring (bicyclic) bond motifs is 1. The van der Waals surface area contributed by atoms with Gasteiger partial charge in [-0.05, 0) is 23.3 Å². The van der Waals surface area contributed by atoms with E-state index >= 15 is 0 Å². The third-order valence-electron chi connectivity index (χ3n) is 5.68. The Morgan fingerprint density at radius 3 is 1.88 bits per heavy atom. The predicted octanol–water partition coefficient (Wildman–Crippen LogP) is 4.50. The number of benzene rings is 3. The Labute approximate surface area is 200 Å². The molecule has 7 nitrogen and oxygen atoms in total. The van der Waals surface area contributed by atoms with Gasteiger partial charge in [0.25, 0.3) is 11.8 Å². The number of rotatable bonds is 7. The van der Waals surface area contributed by atoms with Gasteiger partial charge in [0.05, 0.1) is 17.7 Å². The van der Waals surface area contributed by atoms with E-state index in [9.17, 15) is 14.4 Å². The van der Waals surface area contributed by atoms with Crippen molar-refractivity contribution in [3.8, 4) is 0 Å². The summed E-state index contributed by atoms with van der Waals surface area (Å²) in [5.41, 5.74) is 2.87. The molecule has 0 saturated carbocycles. The quantitative estimate of drug-likeness (QED) is 0.403. The number of imide groups is 1. The number of amides is 3. The van der Waals surface area contributed by atoms with Crippen molar-refractivity contribution in [1.82, 2.24) is 15.1 Å². The van der Waals surface area contributed by atoms with Crippen molar-refractivity contribution in [3.63, 3.8) is 0 Å². The largest absolute Gasteiger partial charge is 0.300 e. The highest BCUT2D eigenvalue weighted by molar-refractivity contribution is 7.15. The van der Waals surface area contributed by atoms with E-state index in [1.165, 1.54) is 0 Å². The van der Waals surface area contributed by atoms with Gasteiger partial charge in [0.1, 0.15) is 5.01 Å². The van der Waals surface area contributed by atoms with Gasteiger partial charge < -0.3 is 5.32 Å². The number of hydrogen-bond donors (Lipinski definition) is 1. The summed E-state index contributed by atoms with van der Waals surface area (Å²) in [5.74, 6) is -1.00. The van der Waals surface area contributed by atoms with Gasteiger partial charge in [0, 0.05) is 12.3 Å². The monoisotopic (exact) mass is 468 g/mol. The lowest BCUT2D eigenvalue weighted by atomic mass is 9.88. The highest BCUT2D eigenvalue weighted by atomic mass is 32.1. The maximum atomic E-state index is 12.9. The molecule has 8 heteroatoms. The molecule has 0 fully saturated rings. The molecule has 1 aromatic heterocycles. The third-order valence-corrected chi connectivity index (χ3v) is 6.50. The molecule has 0 atom stereocenters. The number of aromatic nitrogens is 2. The van der Waals surface area contributed by atoms with Gasteiger partial charge in [-0.1, -0.05) is 84.1 Å². The summed E-state index contributed by atoms with van der Waals surface area (Å²) in [7, 11) is 0. The Morgan fingerprint density at radius 2 is 1.32 bits per heavy atom. The van der Waals surface area contributed by atoms with E-state index in [4.69, 9.17) is 0 Å². The summed E-state index contributed by atoms with van der Waals surface area (Å²) in [6.07, 6.45) is 0.237. The first-order valence-electron chi connectivity index (χ1n) is 10.8. The Bertz CT molecular complexity index is 1280. The summed E-state index contributed by atoms with van der Waals surface area (Å²) < 4.78 is 0. The average Bonchev–Trinajstić information content (AvgIpc) is 3.41. The highest BCUT2D eigenvalue weighted by Gasteiger charge is 2.35. The second-order valence-corrected chi connectivity index (χ2v) is 8.93. The SMILES string of the molecule is O=C(CC(c1ccccc1)c1ccccc1)Nc1nnc(CN2C(=O)c3ccccc3C2=O)s1. The maximum Gasteiger partial charge on any atom is 0.261 e. The molecule has 3 amide bonds. The van der Waals surface area contributed by atoms with Crippen LogP contribution in [0.4, 0.5) is 5.13 Å². The van der Waals surface area contributed by atoms with Crippen LogP contribution in [-0.2, 0) is 11.3 Å². The lowest BCUT2D eigenvalue weighted by Crippen LogP contribution is -2.29. The fourth-order valence-corrected chi connectivity index (χ4v) is 4.79. The topological polar surface area (TPSA) is 92.3 Å². The molecule has 0 unspecified atom stereocenters. The molecule has 0 radical (unpaired) electrons. The summed E-state index contributed by atoms with van der Waals surface area (Å²) in [6, 6.07) is 26.5. The van der Waals surface area contributed by atoms with Crippen molar-refractivity contribution in [2.75, 3.05) is 5.32 Å². The van der Waals surface area contributed by atoms with Crippen LogP contribution in [-0.4, -0.2) is 32.8 Å². The normalized spacial score (nSPS) is 12.8. The minimum Gasteiger partial charge on any atom is -0.300 e. The van der Waals surface area contributed by atoms with E-state index < -0.39 is 0 Å². The number of anilines is 1. The minimum atomic E-state index is -0.352. The molecule has 34 heavy (non-hydrogen) atoms. The molecule has 5 rings (SSSR count). The van der Waals surface area contributed by atoms with E-state index in [2.05, 4.69) is 15.5 Å². The molecule has 168 valence electrons. The first-order valence-corrected chi connectivity index (χ1v) is 11.6. The second-order valence-electron chi connectivity index (χ2n) is 7.87. The van der Waals surface area contributed by atoms with Crippen LogP contribution in [0.15, 0.2) is 84.9 Å². The molecule has 1 aliphatic rings. The van der Waals surface area contributed by atoms with Crippen LogP contribution in [0.5, 0.6) is 0 Å². The van der Waals surface area contributed by atoms with Crippen LogP contribution >= 0.6 is 11.3 Å². The zero-order valence-corrected chi connectivity index (χ0v) is 18.9. The Morgan fingerprint density at radius 1 is 0.794 bits per heavy atom. The molecular weight excluding hydrogens is 448 g/mol. The van der Waals surface area contributed by atoms with Crippen molar-refractivity contribution >= 4 is 34.2 Å². The van der Waals surface area contributed by atoms with Crippen molar-refractivity contribution in [2.24, 2.45) is 0 Å². The molecular formula is C26H20N4O3S. The van der Waals surface area contributed by atoms with Gasteiger partial charge in [-0.3, -0.25) is 19.3 Å². The average molecular weight is 469 g/mol. The van der Waals surface area contributed by atoms with Crippen molar-refractivity contribution in [2.45, 2.75) is 18.9 Å². The summed E-state index contributed by atoms with van der Waals surface area (Å²) in [4.78, 5) is 39.2. The number of carbonyl (C=O) groups is 3. The Kier molecular flexibility index (Phi) is 5.97. The van der Waals surface area contributed by atoms with Crippen LogP contribution in [0, 0.1) is 0 Å². The number of carbonyl (C=O) groups excluding carboxylic acids is 3. The van der Waals surface area contributed by atoms with E-state index in [-0.39, 0.29) is 36.6 Å². The van der Waals surface area contributed by atoms with Gasteiger partial charge in [0.15, 0.2) is 0 Å². The van der Waals surface area contributed by atoms with Crippen LogP contribution in [0.2, 0.25) is 0 Å². The zero-order chi connectivity index (χ0) is 23.5. The van der Waals surface area contributed by atoms with Crippen LogP contribution in [0.3, 0.4) is 0 Å². The highest BCUT2D eigenvalue weighted by Crippen LogP contribution is 2.29. The molecule has 0 saturated heterocycles. The second kappa shape index (κ2) is 9.36. The lowest BCUT2D eigenvalue weighted by molar-refractivity contribution is -0.116. The maximum absolute atomic E-state index is 12.9. The standard InChI is InChI=1S/C26H20N4O3S/c31-22(15-21(17-9-3-1-4-10-17)18-11-5-2-6-12-18)27-26-29-28-23(34-26)16-30-24(32)19-13-7-8-14-20(19)25(30)33/h1-14,21H,15-16H2,(H,27,29,31). The van der Waals surface area contributed by atoms with E-state index in [1.807, 2.05) is 60.7 Å². The molecule has 3 aromatic carbocycles. The van der Waals surface area contributed by atoms with Crippen molar-refractivity contribution < 1.29 is 14.4 Å². The van der Waals surface area contributed by atoms with Crippen LogP contribution in [0.25, 0.3) is 0 Å². The molecule has 1 N–H and O–H groups in total. The van der Waals surface area contributed by atoms with E-state index in [1.54, 1.807) is 24.3 Å². The first kappa shape index (κ1) is 21.7. The summed E-state index contributed by atoms with van der Waals surface area (Å²) >= 11 is 1.15. The molecule has 0 bridgehead atoms. The third kappa shape index (κ3) is 4.35. The number of nitrogens with zero attached hydrogens (tertiary/aromatic N) is 3. The molecule has 4 aromatic rings. The molecule has 2 heterocycles. The summed E-state index contributed by atoms with van der Waals surface area (Å²) in [6.45, 7) is 0.0105. The Hall–Kier alpha value is -4.17. The van der Waals surface area contributed by atoms with Gasteiger partial charge in [0.2, 0.25) is 11.0 Å². The minimum absolute atomic E-state index is 0.0105. The van der Waals surface area contributed by atoms with E-state index in [0.29, 0.717) is 21.3 Å². The van der Waals surface area contributed by atoms with Crippen LogP contribution in [0.1, 0.15) is 49.2 Å². The molecule has 0 spiro atoms. The number of hydrogen-bond acceptors (Lipinski definition) is 6. The van der Waals surface area contributed by atoms with Crippen molar-refractivity contribution in [3.05, 3.63) is 112 Å². The number of nitrogens with one attached hydrogen (secondary N) is 1. The van der Waals surface area contributed by atoms with Crippen molar-refractivity contribution in [1.29, 1.82) is 0 Å². The Balaban J connectivity index is 1.27. The van der Waals surface area contributed by atoms with Gasteiger partial charge in [-0.15, -0.1) is 10.2 Å². The predicted molar refractivity (Wildman–Crippen MR) is 129 cm³/mol.